The molecule has 134 valence electrons. The van der Waals surface area contributed by atoms with Gasteiger partial charge in [0.1, 0.15) is 17.0 Å². The first-order valence-electron chi connectivity index (χ1n) is 8.35. The Morgan fingerprint density at radius 3 is 3.00 bits per heavy atom. The Morgan fingerprint density at radius 1 is 1.23 bits per heavy atom. The molecular formula is C18H18N4O3S. The van der Waals surface area contributed by atoms with Crippen LogP contribution in [0.4, 0.5) is 5.82 Å². The summed E-state index contributed by atoms with van der Waals surface area (Å²) in [7, 11) is 0. The van der Waals surface area contributed by atoms with Crippen LogP contribution in [0, 0.1) is 0 Å². The van der Waals surface area contributed by atoms with Gasteiger partial charge in [-0.25, -0.2) is 9.97 Å². The second-order valence-electron chi connectivity index (χ2n) is 5.83. The number of amides is 1. The van der Waals surface area contributed by atoms with Crippen LogP contribution in [0.3, 0.4) is 0 Å². The Morgan fingerprint density at radius 2 is 2.12 bits per heavy atom. The molecule has 0 saturated carbocycles. The average Bonchev–Trinajstić information content (AvgIpc) is 3.30. The van der Waals surface area contributed by atoms with Crippen molar-refractivity contribution in [3.8, 4) is 11.5 Å². The second-order valence-corrected chi connectivity index (χ2v) is 6.94. The number of carbonyl (C=O) groups is 1. The van der Waals surface area contributed by atoms with E-state index in [1.54, 1.807) is 11.3 Å². The number of fused-ring (bicyclic) bond motifs is 2. The molecule has 8 heteroatoms. The smallest absolute Gasteiger partial charge is 0.239 e. The van der Waals surface area contributed by atoms with Crippen LogP contribution < -0.4 is 20.1 Å². The number of nitrogens with one attached hydrogen (secondary N) is 2. The van der Waals surface area contributed by atoms with Crippen molar-refractivity contribution in [1.29, 1.82) is 0 Å². The second kappa shape index (κ2) is 7.17. The highest BCUT2D eigenvalue weighted by Crippen LogP contribution is 2.32. The van der Waals surface area contributed by atoms with E-state index in [9.17, 15) is 4.79 Å². The normalized spacial score (nSPS) is 12.3. The molecule has 3 heterocycles. The number of nitrogens with zero attached hydrogens (tertiary/aromatic N) is 2. The third kappa shape index (κ3) is 3.41. The van der Waals surface area contributed by atoms with Gasteiger partial charge in [-0.2, -0.15) is 0 Å². The van der Waals surface area contributed by atoms with Crippen molar-refractivity contribution in [2.75, 3.05) is 18.7 Å². The molecule has 0 fully saturated rings. The van der Waals surface area contributed by atoms with Crippen molar-refractivity contribution in [1.82, 2.24) is 15.3 Å². The molecule has 0 aliphatic carbocycles. The van der Waals surface area contributed by atoms with Crippen molar-refractivity contribution in [3.63, 3.8) is 0 Å². The van der Waals surface area contributed by atoms with Crippen LogP contribution in [0.5, 0.6) is 11.5 Å². The molecule has 2 aromatic heterocycles. The zero-order valence-electron chi connectivity index (χ0n) is 14.2. The summed E-state index contributed by atoms with van der Waals surface area (Å²) >= 11 is 1.65. The highest BCUT2D eigenvalue weighted by atomic mass is 32.1. The molecule has 0 saturated heterocycles. The number of hydrogen-bond acceptors (Lipinski definition) is 7. The molecule has 0 atom stereocenters. The molecule has 0 spiro atoms. The molecule has 26 heavy (non-hydrogen) atoms. The lowest BCUT2D eigenvalue weighted by molar-refractivity contribution is -0.119. The lowest BCUT2D eigenvalue weighted by Gasteiger charge is -2.08. The zero-order valence-corrected chi connectivity index (χ0v) is 15.1. The molecule has 1 aliphatic rings. The molecular weight excluding hydrogens is 352 g/mol. The van der Waals surface area contributed by atoms with Gasteiger partial charge in [-0.1, -0.05) is 13.0 Å². The molecule has 1 aliphatic heterocycles. The largest absolute Gasteiger partial charge is 0.454 e. The number of benzene rings is 1. The van der Waals surface area contributed by atoms with Gasteiger partial charge < -0.3 is 20.1 Å². The van der Waals surface area contributed by atoms with Gasteiger partial charge >= 0.3 is 0 Å². The number of rotatable bonds is 6. The summed E-state index contributed by atoms with van der Waals surface area (Å²) in [6.07, 6.45) is 2.47. The molecule has 2 N–H and O–H groups in total. The number of aromatic nitrogens is 2. The standard InChI is InChI=1S/C18H18N4O3S/c1-2-12-6-13-17(21-9-22-18(13)26-12)20-8-16(23)19-7-11-3-4-14-15(5-11)25-10-24-14/h3-6,9H,2,7-8,10H2,1H3,(H,19,23)(H,20,21,22). The predicted molar refractivity (Wildman–Crippen MR) is 99.7 cm³/mol. The summed E-state index contributed by atoms with van der Waals surface area (Å²) in [5.74, 6) is 2.02. The van der Waals surface area contributed by atoms with Crippen LogP contribution in [0.15, 0.2) is 30.6 Å². The Labute approximate surface area is 154 Å². The number of thiophene rings is 1. The molecule has 0 bridgehead atoms. The number of carbonyl (C=O) groups excluding carboxylic acids is 1. The summed E-state index contributed by atoms with van der Waals surface area (Å²) in [6.45, 7) is 2.92. The lowest BCUT2D eigenvalue weighted by atomic mass is 10.2. The van der Waals surface area contributed by atoms with Crippen LogP contribution in [-0.4, -0.2) is 29.2 Å². The van der Waals surface area contributed by atoms with Crippen molar-refractivity contribution in [3.05, 3.63) is 41.0 Å². The molecule has 1 aromatic carbocycles. The Hall–Kier alpha value is -2.87. The van der Waals surface area contributed by atoms with Gasteiger partial charge in [-0.3, -0.25) is 4.79 Å². The molecule has 0 radical (unpaired) electrons. The minimum atomic E-state index is -0.111. The van der Waals surface area contributed by atoms with Crippen LogP contribution in [0.2, 0.25) is 0 Å². The number of anilines is 1. The highest BCUT2D eigenvalue weighted by molar-refractivity contribution is 7.18. The van der Waals surface area contributed by atoms with E-state index in [1.165, 1.54) is 11.2 Å². The van der Waals surface area contributed by atoms with Crippen molar-refractivity contribution in [2.45, 2.75) is 19.9 Å². The third-order valence-electron chi connectivity index (χ3n) is 4.07. The molecule has 4 rings (SSSR count). The topological polar surface area (TPSA) is 85.4 Å². The van der Waals surface area contributed by atoms with E-state index in [1.807, 2.05) is 18.2 Å². The maximum atomic E-state index is 12.2. The maximum Gasteiger partial charge on any atom is 0.239 e. The quantitative estimate of drug-likeness (QED) is 0.694. The fourth-order valence-electron chi connectivity index (χ4n) is 2.70. The van der Waals surface area contributed by atoms with Crippen molar-refractivity contribution >= 4 is 33.3 Å². The summed E-state index contributed by atoms with van der Waals surface area (Å²) in [4.78, 5) is 22.9. The van der Waals surface area contributed by atoms with Gasteiger partial charge in [0.25, 0.3) is 0 Å². The van der Waals surface area contributed by atoms with Crippen LogP contribution in [0.1, 0.15) is 17.4 Å². The number of aryl methyl sites for hydroxylation is 1. The summed E-state index contributed by atoms with van der Waals surface area (Å²) < 4.78 is 10.6. The predicted octanol–water partition coefficient (Wildman–Crippen LogP) is 2.71. The minimum Gasteiger partial charge on any atom is -0.454 e. The van der Waals surface area contributed by atoms with Gasteiger partial charge in [0.05, 0.1) is 11.9 Å². The van der Waals surface area contributed by atoms with E-state index in [-0.39, 0.29) is 19.2 Å². The highest BCUT2D eigenvalue weighted by Gasteiger charge is 2.14. The van der Waals surface area contributed by atoms with E-state index in [4.69, 9.17) is 9.47 Å². The van der Waals surface area contributed by atoms with E-state index in [0.29, 0.717) is 18.1 Å². The monoisotopic (exact) mass is 370 g/mol. The van der Waals surface area contributed by atoms with Gasteiger partial charge in [0.15, 0.2) is 11.5 Å². The summed E-state index contributed by atoms with van der Waals surface area (Å²) in [5.41, 5.74) is 0.956. The SMILES string of the molecule is CCc1cc2c(NCC(=O)NCc3ccc4c(c3)OCO4)ncnc2s1. The van der Waals surface area contributed by atoms with E-state index >= 15 is 0 Å². The number of hydrogen-bond donors (Lipinski definition) is 2. The van der Waals surface area contributed by atoms with E-state index in [0.717, 1.165) is 28.0 Å². The van der Waals surface area contributed by atoms with Crippen LogP contribution in [0.25, 0.3) is 10.2 Å². The number of ether oxygens (including phenoxy) is 2. The maximum absolute atomic E-state index is 12.2. The molecule has 1 amide bonds. The van der Waals surface area contributed by atoms with Gasteiger partial charge in [-0.05, 0) is 30.2 Å². The van der Waals surface area contributed by atoms with Crippen molar-refractivity contribution < 1.29 is 14.3 Å². The fraction of sp³-hybridized carbons (Fsp3) is 0.278. The Balaban J connectivity index is 1.35. The van der Waals surface area contributed by atoms with E-state index in [2.05, 4.69) is 33.6 Å². The minimum absolute atomic E-state index is 0.111. The Kier molecular flexibility index (Phi) is 4.57. The first kappa shape index (κ1) is 16.6. The van der Waals surface area contributed by atoms with Gasteiger partial charge in [-0.15, -0.1) is 11.3 Å². The summed E-state index contributed by atoms with van der Waals surface area (Å²) in [5, 5.41) is 6.94. The average molecular weight is 370 g/mol. The summed E-state index contributed by atoms with van der Waals surface area (Å²) in [6, 6.07) is 7.71. The molecule has 3 aromatic rings. The van der Waals surface area contributed by atoms with Crippen molar-refractivity contribution in [2.24, 2.45) is 0 Å². The van der Waals surface area contributed by atoms with Crippen LogP contribution in [-0.2, 0) is 17.8 Å². The fourth-order valence-corrected chi connectivity index (χ4v) is 3.63. The molecule has 7 nitrogen and oxygen atoms in total. The molecule has 0 unspecified atom stereocenters. The first-order valence-corrected chi connectivity index (χ1v) is 9.17. The first-order chi connectivity index (χ1) is 12.7. The third-order valence-corrected chi connectivity index (χ3v) is 5.26. The zero-order chi connectivity index (χ0) is 17.9. The van der Waals surface area contributed by atoms with E-state index < -0.39 is 0 Å². The van der Waals surface area contributed by atoms with Gasteiger partial charge in [0, 0.05) is 11.4 Å². The van der Waals surface area contributed by atoms with Gasteiger partial charge in [0.2, 0.25) is 12.7 Å². The lowest BCUT2D eigenvalue weighted by Crippen LogP contribution is -2.29. The Bertz CT molecular complexity index is 957. The van der Waals surface area contributed by atoms with Crippen LogP contribution >= 0.6 is 11.3 Å².